The van der Waals surface area contributed by atoms with Crippen LogP contribution < -0.4 is 10.6 Å². The minimum atomic E-state index is -0.873. The summed E-state index contributed by atoms with van der Waals surface area (Å²) in [6, 6.07) is 0.240. The molecule has 0 saturated carbocycles. The fourth-order valence-corrected chi connectivity index (χ4v) is 1.82. The lowest BCUT2D eigenvalue weighted by molar-refractivity contribution is -0.142. The van der Waals surface area contributed by atoms with E-state index in [1.165, 1.54) is 0 Å². The van der Waals surface area contributed by atoms with Crippen LogP contribution in [0.5, 0.6) is 0 Å². The van der Waals surface area contributed by atoms with Crippen LogP contribution in [0.4, 0.5) is 4.79 Å². The Balaban J connectivity index is 3.74. The van der Waals surface area contributed by atoms with E-state index in [0.717, 1.165) is 19.4 Å². The van der Waals surface area contributed by atoms with E-state index in [9.17, 15) is 9.59 Å². The Bertz CT molecular complexity index is 319. The van der Waals surface area contributed by atoms with Gasteiger partial charge in [0.2, 0.25) is 0 Å². The Morgan fingerprint density at radius 3 is 2.19 bits per heavy atom. The van der Waals surface area contributed by atoms with Crippen molar-refractivity contribution in [3.63, 3.8) is 0 Å². The summed E-state index contributed by atoms with van der Waals surface area (Å²) in [5.41, 5.74) is 0. The molecular weight excluding hydrogens is 270 g/mol. The number of rotatable bonds is 10. The summed E-state index contributed by atoms with van der Waals surface area (Å²) in [6.07, 6.45) is 1.94. The quantitative estimate of drug-likeness (QED) is 0.537. The van der Waals surface area contributed by atoms with Crippen molar-refractivity contribution in [2.75, 3.05) is 26.7 Å². The number of carbonyl (C=O) groups is 2. The first-order valence-corrected chi connectivity index (χ1v) is 7.70. The second-order valence-electron chi connectivity index (χ2n) is 6.11. The van der Waals surface area contributed by atoms with E-state index in [1.807, 2.05) is 13.8 Å². The van der Waals surface area contributed by atoms with Crippen molar-refractivity contribution in [2.45, 2.75) is 46.6 Å². The molecule has 0 saturated heterocycles. The number of carboxylic acid groups (broad SMARTS) is 1. The van der Waals surface area contributed by atoms with Crippen LogP contribution in [0.2, 0.25) is 0 Å². The molecule has 0 spiro atoms. The van der Waals surface area contributed by atoms with Crippen LogP contribution in [-0.4, -0.2) is 54.7 Å². The van der Waals surface area contributed by atoms with Crippen molar-refractivity contribution in [3.05, 3.63) is 0 Å². The fourth-order valence-electron chi connectivity index (χ4n) is 1.82. The lowest BCUT2D eigenvalue weighted by Crippen LogP contribution is -2.41. The molecule has 0 aliphatic heterocycles. The number of hydrogen-bond acceptors (Lipinski definition) is 3. The predicted molar refractivity (Wildman–Crippen MR) is 84.4 cm³/mol. The molecule has 124 valence electrons. The number of hydrogen-bond donors (Lipinski definition) is 3. The third-order valence-electron chi connectivity index (χ3n) is 3.71. The normalized spacial score (nSPS) is 12.8. The summed E-state index contributed by atoms with van der Waals surface area (Å²) >= 11 is 0. The van der Waals surface area contributed by atoms with Crippen molar-refractivity contribution in [3.8, 4) is 0 Å². The third-order valence-corrected chi connectivity index (χ3v) is 3.71. The highest BCUT2D eigenvalue weighted by Gasteiger charge is 2.21. The first-order valence-electron chi connectivity index (χ1n) is 7.70. The number of unbranched alkanes of at least 4 members (excludes halogenated alkanes) is 1. The van der Waals surface area contributed by atoms with Crippen molar-refractivity contribution >= 4 is 12.0 Å². The monoisotopic (exact) mass is 301 g/mol. The highest BCUT2D eigenvalue weighted by Crippen LogP contribution is 2.09. The number of aliphatic carboxylic acids is 1. The van der Waals surface area contributed by atoms with Gasteiger partial charge in [-0.05, 0) is 46.2 Å². The van der Waals surface area contributed by atoms with Crippen molar-refractivity contribution in [1.29, 1.82) is 0 Å². The summed E-state index contributed by atoms with van der Waals surface area (Å²) in [4.78, 5) is 24.8. The van der Waals surface area contributed by atoms with Crippen molar-refractivity contribution in [1.82, 2.24) is 15.5 Å². The molecule has 6 heteroatoms. The highest BCUT2D eigenvalue weighted by molar-refractivity contribution is 5.75. The van der Waals surface area contributed by atoms with Gasteiger partial charge in [-0.25, -0.2) is 4.79 Å². The van der Waals surface area contributed by atoms with Crippen LogP contribution >= 0.6 is 0 Å². The first-order chi connectivity index (χ1) is 9.75. The van der Waals surface area contributed by atoms with Crippen LogP contribution in [0.1, 0.15) is 40.5 Å². The molecule has 0 radical (unpaired) electrons. The number of carbonyl (C=O) groups excluding carboxylic acids is 1. The van der Waals surface area contributed by atoms with E-state index in [4.69, 9.17) is 5.11 Å². The molecule has 6 nitrogen and oxygen atoms in total. The van der Waals surface area contributed by atoms with E-state index in [0.29, 0.717) is 12.6 Å². The Morgan fingerprint density at radius 1 is 1.10 bits per heavy atom. The zero-order valence-electron chi connectivity index (χ0n) is 14.0. The van der Waals surface area contributed by atoms with Crippen LogP contribution in [-0.2, 0) is 4.79 Å². The third kappa shape index (κ3) is 9.28. The molecule has 0 bridgehead atoms. The van der Waals surface area contributed by atoms with Crippen molar-refractivity contribution in [2.24, 2.45) is 11.8 Å². The molecule has 21 heavy (non-hydrogen) atoms. The molecular formula is C15H31N3O3. The standard InChI is InChI=1S/C15H31N3O3/c1-11(2)13(14(19)20)10-17-15(21)16-8-6-7-9-18(5)12(3)4/h11-13H,6-10H2,1-5H3,(H,19,20)(H2,16,17,21). The number of carboxylic acids is 1. The average Bonchev–Trinajstić information content (AvgIpc) is 2.37. The summed E-state index contributed by atoms with van der Waals surface area (Å²) in [5.74, 6) is -1.42. The molecule has 1 atom stereocenters. The zero-order valence-corrected chi connectivity index (χ0v) is 14.0. The summed E-state index contributed by atoms with van der Waals surface area (Å²) < 4.78 is 0. The topological polar surface area (TPSA) is 81.7 Å². The first kappa shape index (κ1) is 19.7. The highest BCUT2D eigenvalue weighted by atomic mass is 16.4. The fraction of sp³-hybridized carbons (Fsp3) is 0.867. The van der Waals surface area contributed by atoms with Crippen LogP contribution in [0, 0.1) is 11.8 Å². The number of nitrogens with one attached hydrogen (secondary N) is 2. The maximum Gasteiger partial charge on any atom is 0.314 e. The lowest BCUT2D eigenvalue weighted by atomic mass is 9.96. The van der Waals surface area contributed by atoms with Crippen LogP contribution in [0.15, 0.2) is 0 Å². The van der Waals surface area contributed by atoms with Gasteiger partial charge < -0.3 is 20.6 Å². The van der Waals surface area contributed by atoms with Gasteiger partial charge in [-0.15, -0.1) is 0 Å². The minimum absolute atomic E-state index is 0.00521. The van der Waals surface area contributed by atoms with Gasteiger partial charge >= 0.3 is 12.0 Å². The summed E-state index contributed by atoms with van der Waals surface area (Å²) in [5, 5.41) is 14.4. The second-order valence-corrected chi connectivity index (χ2v) is 6.11. The Morgan fingerprint density at radius 2 is 1.71 bits per heavy atom. The van der Waals surface area contributed by atoms with E-state index < -0.39 is 11.9 Å². The smallest absolute Gasteiger partial charge is 0.314 e. The Hall–Kier alpha value is -1.30. The summed E-state index contributed by atoms with van der Waals surface area (Å²) in [6.45, 7) is 9.76. The molecule has 0 aromatic heterocycles. The van der Waals surface area contributed by atoms with Gasteiger partial charge in [-0.1, -0.05) is 13.8 Å². The largest absolute Gasteiger partial charge is 0.481 e. The SMILES string of the molecule is CC(C)C(CNC(=O)NCCCCN(C)C(C)C)C(=O)O. The number of nitrogens with zero attached hydrogens (tertiary/aromatic N) is 1. The van der Waals surface area contributed by atoms with Gasteiger partial charge in [0.05, 0.1) is 5.92 Å². The predicted octanol–water partition coefficient (Wildman–Crippen LogP) is 1.76. The van der Waals surface area contributed by atoms with Crippen LogP contribution in [0.3, 0.4) is 0 Å². The second kappa shape index (κ2) is 10.4. The van der Waals surface area contributed by atoms with E-state index >= 15 is 0 Å². The lowest BCUT2D eigenvalue weighted by Gasteiger charge is -2.20. The van der Waals surface area contributed by atoms with Crippen molar-refractivity contribution < 1.29 is 14.7 Å². The molecule has 2 amide bonds. The molecule has 0 aliphatic rings. The number of urea groups is 1. The Kier molecular flexibility index (Phi) is 9.78. The van der Waals surface area contributed by atoms with Gasteiger partial charge in [-0.2, -0.15) is 0 Å². The molecule has 3 N–H and O–H groups in total. The van der Waals surface area contributed by atoms with E-state index in [2.05, 4.69) is 36.4 Å². The van der Waals surface area contributed by atoms with E-state index in [-0.39, 0.29) is 18.5 Å². The Labute approximate surface area is 128 Å². The minimum Gasteiger partial charge on any atom is -0.481 e. The maximum atomic E-state index is 11.6. The van der Waals surface area contributed by atoms with Gasteiger partial charge in [-0.3, -0.25) is 4.79 Å². The van der Waals surface area contributed by atoms with Gasteiger partial charge in [0.15, 0.2) is 0 Å². The average molecular weight is 301 g/mol. The molecule has 0 aliphatic carbocycles. The molecule has 0 fully saturated rings. The zero-order chi connectivity index (χ0) is 16.4. The molecule has 1 unspecified atom stereocenters. The molecule has 0 rings (SSSR count). The molecule has 0 aromatic rings. The number of amides is 2. The molecule has 0 aromatic carbocycles. The van der Waals surface area contributed by atoms with Crippen LogP contribution in [0.25, 0.3) is 0 Å². The maximum absolute atomic E-state index is 11.6. The van der Waals surface area contributed by atoms with Gasteiger partial charge in [0.1, 0.15) is 0 Å². The van der Waals surface area contributed by atoms with E-state index in [1.54, 1.807) is 0 Å². The van der Waals surface area contributed by atoms with Gasteiger partial charge in [0, 0.05) is 19.1 Å². The van der Waals surface area contributed by atoms with Gasteiger partial charge in [0.25, 0.3) is 0 Å². The molecule has 0 heterocycles. The summed E-state index contributed by atoms with van der Waals surface area (Å²) in [7, 11) is 2.09.